The fourth-order valence-corrected chi connectivity index (χ4v) is 3.56. The minimum atomic E-state index is -0.168. The highest BCUT2D eigenvalue weighted by atomic mass is 32.1. The number of carbonyl (C=O) groups is 1. The zero-order chi connectivity index (χ0) is 16.8. The lowest BCUT2D eigenvalue weighted by molar-refractivity contribution is 0.102. The molecule has 1 aliphatic carbocycles. The number of anilines is 1. The standard InChI is InChI=1S/C18H14N4O2S/c23-17(12-4-1-10-5-7-19-14(10)9-12)20-13-6-8-25-15(13)18-21-16(22-24-18)11-2-3-11/h1,4-9,11,19H,2-3H2,(H,20,23). The zero-order valence-corrected chi connectivity index (χ0v) is 14.0. The number of hydrogen-bond acceptors (Lipinski definition) is 5. The van der Waals surface area contributed by atoms with Crippen molar-refractivity contribution in [2.75, 3.05) is 5.32 Å². The third-order valence-corrected chi connectivity index (χ3v) is 5.21. The zero-order valence-electron chi connectivity index (χ0n) is 13.2. The molecule has 0 unspecified atom stereocenters. The van der Waals surface area contributed by atoms with Crippen molar-refractivity contribution >= 4 is 33.8 Å². The first-order valence-electron chi connectivity index (χ1n) is 8.08. The molecule has 7 heteroatoms. The van der Waals surface area contributed by atoms with Gasteiger partial charge in [-0.2, -0.15) is 4.98 Å². The topological polar surface area (TPSA) is 83.8 Å². The summed E-state index contributed by atoms with van der Waals surface area (Å²) in [6.45, 7) is 0. The van der Waals surface area contributed by atoms with Crippen LogP contribution in [0.4, 0.5) is 5.69 Å². The molecule has 1 saturated carbocycles. The van der Waals surface area contributed by atoms with Gasteiger partial charge in [0.1, 0.15) is 4.88 Å². The number of carbonyl (C=O) groups excluding carboxylic acids is 1. The van der Waals surface area contributed by atoms with Gasteiger partial charge in [0.25, 0.3) is 11.8 Å². The van der Waals surface area contributed by atoms with E-state index in [-0.39, 0.29) is 5.91 Å². The number of nitrogens with zero attached hydrogens (tertiary/aromatic N) is 2. The summed E-state index contributed by atoms with van der Waals surface area (Å²) < 4.78 is 5.38. The Balaban J connectivity index is 1.41. The first kappa shape index (κ1) is 14.4. The highest BCUT2D eigenvalue weighted by Gasteiger charge is 2.29. The number of rotatable bonds is 4. The van der Waals surface area contributed by atoms with Crippen molar-refractivity contribution in [2.24, 2.45) is 0 Å². The fraction of sp³-hybridized carbons (Fsp3) is 0.167. The van der Waals surface area contributed by atoms with Gasteiger partial charge in [0, 0.05) is 23.2 Å². The molecule has 3 heterocycles. The summed E-state index contributed by atoms with van der Waals surface area (Å²) in [6, 6.07) is 9.41. The van der Waals surface area contributed by atoms with E-state index in [2.05, 4.69) is 20.4 Å². The molecule has 0 atom stereocenters. The van der Waals surface area contributed by atoms with Crippen LogP contribution in [0.15, 0.2) is 46.4 Å². The third-order valence-electron chi connectivity index (χ3n) is 4.31. The predicted molar refractivity (Wildman–Crippen MR) is 95.8 cm³/mol. The molecule has 0 bridgehead atoms. The summed E-state index contributed by atoms with van der Waals surface area (Å²) >= 11 is 1.47. The van der Waals surface area contributed by atoms with Crippen LogP contribution in [0.3, 0.4) is 0 Å². The molecule has 0 aliphatic heterocycles. The molecular formula is C18H14N4O2S. The third kappa shape index (κ3) is 2.62. The van der Waals surface area contributed by atoms with Crippen molar-refractivity contribution in [3.8, 4) is 10.8 Å². The molecule has 3 aromatic heterocycles. The van der Waals surface area contributed by atoms with E-state index in [1.54, 1.807) is 0 Å². The number of benzene rings is 1. The Labute approximate surface area is 146 Å². The average molecular weight is 350 g/mol. The van der Waals surface area contributed by atoms with Crippen molar-refractivity contribution in [1.29, 1.82) is 0 Å². The van der Waals surface area contributed by atoms with Gasteiger partial charge in [0.05, 0.1) is 5.69 Å². The van der Waals surface area contributed by atoms with E-state index in [0.717, 1.165) is 34.4 Å². The molecule has 1 amide bonds. The number of aromatic amines is 1. The molecule has 0 radical (unpaired) electrons. The lowest BCUT2D eigenvalue weighted by Gasteiger charge is -2.05. The number of fused-ring (bicyclic) bond motifs is 1. The summed E-state index contributed by atoms with van der Waals surface area (Å²) in [5, 5.41) is 9.97. The molecular weight excluding hydrogens is 336 g/mol. The maximum atomic E-state index is 12.6. The maximum Gasteiger partial charge on any atom is 0.270 e. The minimum Gasteiger partial charge on any atom is -0.361 e. The number of nitrogens with one attached hydrogen (secondary N) is 2. The second kappa shape index (κ2) is 5.56. The van der Waals surface area contributed by atoms with Crippen molar-refractivity contribution < 1.29 is 9.32 Å². The van der Waals surface area contributed by atoms with Crippen LogP contribution in [0.2, 0.25) is 0 Å². The van der Waals surface area contributed by atoms with Crippen molar-refractivity contribution in [3.05, 3.63) is 53.3 Å². The summed E-state index contributed by atoms with van der Waals surface area (Å²) in [6.07, 6.45) is 4.10. The highest BCUT2D eigenvalue weighted by Crippen LogP contribution is 2.40. The number of hydrogen-bond donors (Lipinski definition) is 2. The van der Waals surface area contributed by atoms with E-state index in [0.29, 0.717) is 23.1 Å². The van der Waals surface area contributed by atoms with E-state index in [1.807, 2.05) is 41.9 Å². The molecule has 1 fully saturated rings. The molecule has 25 heavy (non-hydrogen) atoms. The van der Waals surface area contributed by atoms with Gasteiger partial charge in [0.2, 0.25) is 0 Å². The summed E-state index contributed by atoms with van der Waals surface area (Å²) in [5.41, 5.74) is 2.22. The van der Waals surface area contributed by atoms with Crippen molar-refractivity contribution in [2.45, 2.75) is 18.8 Å². The van der Waals surface area contributed by atoms with E-state index in [9.17, 15) is 4.79 Å². The lowest BCUT2D eigenvalue weighted by Crippen LogP contribution is -2.11. The van der Waals surface area contributed by atoms with E-state index >= 15 is 0 Å². The predicted octanol–water partition coefficient (Wildman–Crippen LogP) is 4.41. The Kier molecular flexibility index (Phi) is 3.21. The molecule has 1 aromatic carbocycles. The SMILES string of the molecule is O=C(Nc1ccsc1-c1nc(C2CC2)no1)c1ccc2cc[nH]c2c1. The first-order valence-corrected chi connectivity index (χ1v) is 8.96. The van der Waals surface area contributed by atoms with Crippen molar-refractivity contribution in [1.82, 2.24) is 15.1 Å². The van der Waals surface area contributed by atoms with Gasteiger partial charge in [-0.25, -0.2) is 0 Å². The fourth-order valence-electron chi connectivity index (χ4n) is 2.79. The van der Waals surface area contributed by atoms with Gasteiger partial charge in [-0.1, -0.05) is 11.2 Å². The van der Waals surface area contributed by atoms with Crippen LogP contribution in [-0.4, -0.2) is 21.0 Å². The summed E-state index contributed by atoms with van der Waals surface area (Å²) in [7, 11) is 0. The van der Waals surface area contributed by atoms with Gasteiger partial charge in [-0.15, -0.1) is 11.3 Å². The van der Waals surface area contributed by atoms with Gasteiger partial charge in [0.15, 0.2) is 5.82 Å². The molecule has 124 valence electrons. The molecule has 2 N–H and O–H groups in total. The number of H-pyrrole nitrogens is 1. The smallest absolute Gasteiger partial charge is 0.270 e. The van der Waals surface area contributed by atoms with Crippen LogP contribution in [-0.2, 0) is 0 Å². The number of amides is 1. The van der Waals surface area contributed by atoms with Gasteiger partial charge in [-0.05, 0) is 47.9 Å². The van der Waals surface area contributed by atoms with E-state index < -0.39 is 0 Å². The lowest BCUT2D eigenvalue weighted by atomic mass is 10.1. The monoisotopic (exact) mass is 350 g/mol. The van der Waals surface area contributed by atoms with Crippen LogP contribution < -0.4 is 5.32 Å². The highest BCUT2D eigenvalue weighted by molar-refractivity contribution is 7.14. The Morgan fingerprint density at radius 3 is 3.08 bits per heavy atom. The van der Waals surface area contributed by atoms with Crippen LogP contribution in [0.1, 0.15) is 34.9 Å². The van der Waals surface area contributed by atoms with Gasteiger partial charge >= 0.3 is 0 Å². The number of aromatic nitrogens is 3. The van der Waals surface area contributed by atoms with Gasteiger partial charge in [-0.3, -0.25) is 4.79 Å². The summed E-state index contributed by atoms with van der Waals surface area (Å²) in [4.78, 5) is 21.0. The van der Waals surface area contributed by atoms with Crippen molar-refractivity contribution in [3.63, 3.8) is 0 Å². The number of thiophene rings is 1. The Bertz CT molecular complexity index is 1070. The Hall–Kier alpha value is -2.93. The van der Waals surface area contributed by atoms with Crippen LogP contribution >= 0.6 is 11.3 Å². The van der Waals surface area contributed by atoms with Crippen LogP contribution in [0, 0.1) is 0 Å². The van der Waals surface area contributed by atoms with E-state index in [4.69, 9.17) is 4.52 Å². The Morgan fingerprint density at radius 2 is 2.20 bits per heavy atom. The normalized spacial score (nSPS) is 14.1. The first-order chi connectivity index (χ1) is 12.3. The summed E-state index contributed by atoms with van der Waals surface area (Å²) in [5.74, 6) is 1.49. The molecule has 0 saturated heterocycles. The Morgan fingerprint density at radius 1 is 1.28 bits per heavy atom. The molecule has 0 spiro atoms. The second-order valence-electron chi connectivity index (χ2n) is 6.13. The van der Waals surface area contributed by atoms with Crippen LogP contribution in [0.25, 0.3) is 21.7 Å². The molecule has 5 rings (SSSR count). The second-order valence-corrected chi connectivity index (χ2v) is 7.05. The molecule has 1 aliphatic rings. The average Bonchev–Trinajstić information content (AvgIpc) is 3.04. The van der Waals surface area contributed by atoms with E-state index in [1.165, 1.54) is 11.3 Å². The molecule has 6 nitrogen and oxygen atoms in total. The minimum absolute atomic E-state index is 0.168. The maximum absolute atomic E-state index is 12.6. The van der Waals surface area contributed by atoms with Gasteiger partial charge < -0.3 is 14.8 Å². The largest absolute Gasteiger partial charge is 0.361 e. The van der Waals surface area contributed by atoms with Crippen LogP contribution in [0.5, 0.6) is 0 Å². The quantitative estimate of drug-likeness (QED) is 0.571. The molecule has 4 aromatic rings.